The number of pyridine rings is 1. The molecule has 0 aliphatic rings. The van der Waals surface area contributed by atoms with Crippen LogP contribution in [0.15, 0.2) is 23.3 Å². The second-order valence-electron chi connectivity index (χ2n) is 4.05. The normalized spacial score (nSPS) is 10.3. The summed E-state index contributed by atoms with van der Waals surface area (Å²) in [5.41, 5.74) is -1.06. The Balaban J connectivity index is 2.43. The van der Waals surface area contributed by atoms with E-state index in [2.05, 4.69) is 15.0 Å². The van der Waals surface area contributed by atoms with Crippen molar-refractivity contribution < 1.29 is 24.9 Å². The number of H-pyrrole nitrogens is 1. The van der Waals surface area contributed by atoms with E-state index < -0.39 is 29.7 Å². The maximum absolute atomic E-state index is 11.7. The fourth-order valence-corrected chi connectivity index (χ4v) is 1.58. The van der Waals surface area contributed by atoms with E-state index in [0.717, 1.165) is 18.5 Å². The lowest BCUT2D eigenvalue weighted by Crippen LogP contribution is -2.18. The zero-order chi connectivity index (χ0) is 15.6. The Morgan fingerprint density at radius 2 is 1.90 bits per heavy atom. The summed E-state index contributed by atoms with van der Waals surface area (Å²) in [6, 6.07) is 0.968. The second-order valence-corrected chi connectivity index (χ2v) is 4.05. The van der Waals surface area contributed by atoms with Gasteiger partial charge in [-0.1, -0.05) is 0 Å². The van der Waals surface area contributed by atoms with Crippen LogP contribution in [-0.4, -0.2) is 42.2 Å². The monoisotopic (exact) mass is 291 g/mol. The van der Waals surface area contributed by atoms with Crippen LogP contribution in [0.25, 0.3) is 11.5 Å². The number of carbonyl (C=O) groups is 2. The van der Waals surface area contributed by atoms with Gasteiger partial charge in [0.05, 0.1) is 12.0 Å². The first kappa shape index (κ1) is 14.2. The molecule has 2 aromatic heterocycles. The molecular weight excluding hydrogens is 282 g/mol. The fourth-order valence-electron chi connectivity index (χ4n) is 1.58. The summed E-state index contributed by atoms with van der Waals surface area (Å²) in [5, 5.41) is 27.1. The van der Waals surface area contributed by atoms with Crippen molar-refractivity contribution in [3.8, 4) is 17.3 Å². The summed E-state index contributed by atoms with van der Waals surface area (Å²) < 4.78 is 0. The third-order valence-electron chi connectivity index (χ3n) is 2.55. The maximum atomic E-state index is 11.7. The van der Waals surface area contributed by atoms with Crippen LogP contribution in [0.5, 0.6) is 5.75 Å². The van der Waals surface area contributed by atoms with Gasteiger partial charge in [0.1, 0.15) is 11.4 Å². The molecular formula is C12H9N3O6. The van der Waals surface area contributed by atoms with Gasteiger partial charge in [-0.2, -0.15) is 0 Å². The van der Waals surface area contributed by atoms with E-state index in [-0.39, 0.29) is 22.6 Å². The molecule has 0 aliphatic carbocycles. The predicted molar refractivity (Wildman–Crippen MR) is 68.1 cm³/mol. The Morgan fingerprint density at radius 3 is 2.43 bits per heavy atom. The highest BCUT2D eigenvalue weighted by atomic mass is 16.4. The second kappa shape index (κ2) is 5.41. The largest absolute Gasteiger partial charge is 0.506 e. The number of carboxylic acids is 2. The number of hydrogen-bond acceptors (Lipinski definition) is 6. The molecule has 0 atom stereocenters. The van der Waals surface area contributed by atoms with E-state index in [9.17, 15) is 19.5 Å². The molecule has 0 amide bonds. The Bertz CT molecular complexity index is 783. The average Bonchev–Trinajstić information content (AvgIpc) is 2.40. The minimum absolute atomic E-state index is 0.0482. The van der Waals surface area contributed by atoms with Gasteiger partial charge in [-0.05, 0) is 6.07 Å². The van der Waals surface area contributed by atoms with Crippen LogP contribution < -0.4 is 5.56 Å². The molecule has 2 rings (SSSR count). The van der Waals surface area contributed by atoms with Gasteiger partial charge in [0.15, 0.2) is 5.82 Å². The summed E-state index contributed by atoms with van der Waals surface area (Å²) >= 11 is 0. The van der Waals surface area contributed by atoms with Crippen LogP contribution in [0, 0.1) is 0 Å². The van der Waals surface area contributed by atoms with Gasteiger partial charge in [-0.3, -0.25) is 9.59 Å². The number of nitrogens with zero attached hydrogens (tertiary/aromatic N) is 2. The molecule has 0 saturated carbocycles. The highest BCUT2D eigenvalue weighted by Gasteiger charge is 2.14. The Morgan fingerprint density at radius 1 is 1.19 bits per heavy atom. The summed E-state index contributed by atoms with van der Waals surface area (Å²) in [6.45, 7) is 0. The first-order chi connectivity index (χ1) is 9.88. The molecule has 0 aromatic carbocycles. The highest BCUT2D eigenvalue weighted by molar-refractivity contribution is 5.88. The van der Waals surface area contributed by atoms with Crippen molar-refractivity contribution in [2.24, 2.45) is 0 Å². The summed E-state index contributed by atoms with van der Waals surface area (Å²) in [5.74, 6) is -3.00. The molecule has 2 heterocycles. The van der Waals surface area contributed by atoms with Gasteiger partial charge in [-0.25, -0.2) is 14.8 Å². The Hall–Kier alpha value is -3.23. The number of aromatic carboxylic acids is 1. The van der Waals surface area contributed by atoms with Gasteiger partial charge < -0.3 is 20.3 Å². The number of hydrogen-bond donors (Lipinski definition) is 4. The number of nitrogens with one attached hydrogen (secondary N) is 1. The number of aliphatic carboxylic acids is 1. The highest BCUT2D eigenvalue weighted by Crippen LogP contribution is 2.23. The van der Waals surface area contributed by atoms with Crippen molar-refractivity contribution in [2.45, 2.75) is 6.42 Å². The third kappa shape index (κ3) is 3.03. The molecule has 9 nitrogen and oxygen atoms in total. The lowest BCUT2D eigenvalue weighted by Gasteiger charge is -2.04. The first-order valence-electron chi connectivity index (χ1n) is 5.61. The van der Waals surface area contributed by atoms with E-state index in [1.54, 1.807) is 0 Å². The minimum Gasteiger partial charge on any atom is -0.506 e. The fraction of sp³-hybridized carbons (Fsp3) is 0.0833. The van der Waals surface area contributed by atoms with E-state index in [0.29, 0.717) is 0 Å². The molecule has 0 fully saturated rings. The number of rotatable bonds is 4. The summed E-state index contributed by atoms with van der Waals surface area (Å²) in [4.78, 5) is 42.8. The Kier molecular flexibility index (Phi) is 3.65. The van der Waals surface area contributed by atoms with Crippen molar-refractivity contribution in [1.82, 2.24) is 15.0 Å². The molecule has 0 bridgehead atoms. The lowest BCUT2D eigenvalue weighted by molar-refractivity contribution is -0.136. The summed E-state index contributed by atoms with van der Waals surface area (Å²) in [6.07, 6.45) is 1.58. The van der Waals surface area contributed by atoms with Crippen LogP contribution in [0.4, 0.5) is 0 Å². The van der Waals surface area contributed by atoms with Crippen LogP contribution in [0.3, 0.4) is 0 Å². The minimum atomic E-state index is -1.26. The van der Waals surface area contributed by atoms with Gasteiger partial charge in [0.25, 0.3) is 5.56 Å². The topological polar surface area (TPSA) is 153 Å². The van der Waals surface area contributed by atoms with Gasteiger partial charge in [0.2, 0.25) is 0 Å². The Labute approximate surface area is 116 Å². The van der Waals surface area contributed by atoms with Gasteiger partial charge in [0, 0.05) is 18.0 Å². The third-order valence-corrected chi connectivity index (χ3v) is 2.55. The van der Waals surface area contributed by atoms with Crippen LogP contribution in [0.1, 0.15) is 15.9 Å². The van der Waals surface area contributed by atoms with Crippen molar-refractivity contribution in [1.29, 1.82) is 0 Å². The number of aromatic amines is 1. The number of aromatic nitrogens is 3. The molecule has 21 heavy (non-hydrogen) atoms. The standard InChI is InChI=1S/C12H9N3O6/c16-7-1-6(12(20)21)4-13-9(7)10-14-3-5(2-8(17)18)11(19)15-10/h1,3-4,16H,2H2,(H,17,18)(H,20,21)(H,14,15,19). The van der Waals surface area contributed by atoms with Crippen molar-refractivity contribution in [3.63, 3.8) is 0 Å². The number of carboxylic acid groups (broad SMARTS) is 2. The first-order valence-corrected chi connectivity index (χ1v) is 5.61. The van der Waals surface area contributed by atoms with Gasteiger partial charge in [-0.15, -0.1) is 0 Å². The molecule has 0 radical (unpaired) electrons. The molecule has 2 aromatic rings. The van der Waals surface area contributed by atoms with E-state index in [4.69, 9.17) is 10.2 Å². The molecule has 0 unspecified atom stereocenters. The van der Waals surface area contributed by atoms with Crippen molar-refractivity contribution in [3.05, 3.63) is 39.9 Å². The van der Waals surface area contributed by atoms with Gasteiger partial charge >= 0.3 is 11.9 Å². The zero-order valence-corrected chi connectivity index (χ0v) is 10.4. The number of aromatic hydroxyl groups is 1. The average molecular weight is 291 g/mol. The lowest BCUT2D eigenvalue weighted by atomic mass is 10.2. The predicted octanol–water partition coefficient (Wildman–Crippen LogP) is -0.137. The van der Waals surface area contributed by atoms with Crippen LogP contribution in [0.2, 0.25) is 0 Å². The maximum Gasteiger partial charge on any atom is 0.337 e. The van der Waals surface area contributed by atoms with Crippen molar-refractivity contribution >= 4 is 11.9 Å². The zero-order valence-electron chi connectivity index (χ0n) is 10.4. The van der Waals surface area contributed by atoms with Crippen LogP contribution >= 0.6 is 0 Å². The summed E-state index contributed by atoms with van der Waals surface area (Å²) in [7, 11) is 0. The molecule has 108 valence electrons. The molecule has 0 aliphatic heterocycles. The molecule has 0 saturated heterocycles. The SMILES string of the molecule is O=C(O)Cc1cnc(-c2ncc(C(=O)O)cc2O)[nH]c1=O. The quantitative estimate of drug-likeness (QED) is 0.607. The molecule has 9 heteroatoms. The van der Waals surface area contributed by atoms with Crippen LogP contribution in [-0.2, 0) is 11.2 Å². The smallest absolute Gasteiger partial charge is 0.337 e. The van der Waals surface area contributed by atoms with E-state index >= 15 is 0 Å². The molecule has 4 N–H and O–H groups in total. The van der Waals surface area contributed by atoms with E-state index in [1.165, 1.54) is 0 Å². The molecule has 0 spiro atoms. The van der Waals surface area contributed by atoms with Crippen molar-refractivity contribution in [2.75, 3.05) is 0 Å². The van der Waals surface area contributed by atoms with E-state index in [1.807, 2.05) is 0 Å².